The Bertz CT molecular complexity index is 1410. The van der Waals surface area contributed by atoms with E-state index in [4.69, 9.17) is 26.3 Å². The summed E-state index contributed by atoms with van der Waals surface area (Å²) >= 11 is 6.32. The number of nitrogens with one attached hydrogen (secondary N) is 1. The molecule has 38 heavy (non-hydrogen) atoms. The number of aromatic nitrogens is 2. The standard InChI is InChI=1S/C29H32ClN5O2.CH4/c1-37-26-9-8-24-28(33-26)27(23-7-6-21(30)16-25(23)32-24)31-22-14-19(17-34-10-2-3-11-34)29(36)20(15-22)18-35-12-4-5-13-35;/h6-9,14-16,36H,2-5,10-13,17-18H2,1H3,(H,31,32);1H4. The van der Waals surface area contributed by atoms with Crippen LogP contribution in [0, 0.1) is 0 Å². The fraction of sp³-hybridized carbons (Fsp3) is 0.400. The highest BCUT2D eigenvalue weighted by molar-refractivity contribution is 6.31. The first kappa shape index (κ1) is 26.5. The number of phenols is 1. The highest BCUT2D eigenvalue weighted by Gasteiger charge is 2.21. The zero-order valence-corrected chi connectivity index (χ0v) is 21.9. The SMILES string of the molecule is C.COc1ccc2nc3cc(Cl)ccc3c(Nc3cc(CN4CCCC4)c(O)c(CN4CCCC4)c3)c2n1. The zero-order chi connectivity index (χ0) is 25.4. The van der Waals surface area contributed by atoms with Crippen molar-refractivity contribution in [3.63, 3.8) is 0 Å². The normalized spacial score (nSPS) is 16.3. The van der Waals surface area contributed by atoms with Gasteiger partial charge in [-0.25, -0.2) is 9.97 Å². The highest BCUT2D eigenvalue weighted by Crippen LogP contribution is 2.37. The quantitative estimate of drug-likeness (QED) is 0.202. The number of hydrogen-bond acceptors (Lipinski definition) is 7. The van der Waals surface area contributed by atoms with Crippen molar-refractivity contribution in [1.82, 2.24) is 19.8 Å². The van der Waals surface area contributed by atoms with E-state index in [1.807, 2.05) is 30.3 Å². The molecule has 2 aliphatic rings. The Morgan fingerprint density at radius 1 is 0.868 bits per heavy atom. The average molecular weight is 534 g/mol. The zero-order valence-electron chi connectivity index (χ0n) is 21.1. The molecule has 0 unspecified atom stereocenters. The van der Waals surface area contributed by atoms with E-state index in [0.29, 0.717) is 16.7 Å². The molecule has 2 saturated heterocycles. The molecule has 6 rings (SSSR count). The van der Waals surface area contributed by atoms with E-state index in [1.165, 1.54) is 25.7 Å². The van der Waals surface area contributed by atoms with Crippen LogP contribution in [0.15, 0.2) is 42.5 Å². The van der Waals surface area contributed by atoms with Crippen LogP contribution in [0.2, 0.25) is 5.02 Å². The Morgan fingerprint density at radius 2 is 1.50 bits per heavy atom. The molecule has 2 fully saturated rings. The van der Waals surface area contributed by atoms with Crippen LogP contribution in [-0.2, 0) is 13.1 Å². The first-order valence-corrected chi connectivity index (χ1v) is 13.5. The lowest BCUT2D eigenvalue weighted by molar-refractivity contribution is 0.312. The number of ether oxygens (including phenoxy) is 1. The monoisotopic (exact) mass is 533 g/mol. The number of fused-ring (bicyclic) bond motifs is 2. The molecule has 7 nitrogen and oxygen atoms in total. The molecule has 2 aromatic carbocycles. The number of likely N-dealkylation sites (tertiary alicyclic amines) is 2. The van der Waals surface area contributed by atoms with Gasteiger partial charge in [0.15, 0.2) is 0 Å². The number of pyridine rings is 2. The minimum absolute atomic E-state index is 0. The molecular weight excluding hydrogens is 498 g/mol. The lowest BCUT2D eigenvalue weighted by Gasteiger charge is -2.22. The van der Waals surface area contributed by atoms with Crippen LogP contribution in [0.1, 0.15) is 44.2 Å². The van der Waals surface area contributed by atoms with Gasteiger partial charge in [-0.15, -0.1) is 0 Å². The Hall–Kier alpha value is -3.13. The van der Waals surface area contributed by atoms with Crippen LogP contribution in [0.4, 0.5) is 11.4 Å². The first-order chi connectivity index (χ1) is 18.1. The molecule has 2 aromatic heterocycles. The predicted octanol–water partition coefficient (Wildman–Crippen LogP) is 6.72. The van der Waals surface area contributed by atoms with Crippen molar-refractivity contribution < 1.29 is 9.84 Å². The summed E-state index contributed by atoms with van der Waals surface area (Å²) in [7, 11) is 1.62. The molecule has 0 amide bonds. The van der Waals surface area contributed by atoms with Gasteiger partial charge in [-0.1, -0.05) is 19.0 Å². The summed E-state index contributed by atoms with van der Waals surface area (Å²) in [5, 5.41) is 16.5. The number of methoxy groups -OCH3 is 1. The Labute approximate surface area is 229 Å². The predicted molar refractivity (Wildman–Crippen MR) is 156 cm³/mol. The lowest BCUT2D eigenvalue weighted by atomic mass is 10.0. The smallest absolute Gasteiger partial charge is 0.213 e. The van der Waals surface area contributed by atoms with Gasteiger partial charge in [-0.2, -0.15) is 0 Å². The third kappa shape index (κ3) is 5.37. The number of phenolic OH excluding ortho intramolecular Hbond substituents is 1. The average Bonchev–Trinajstić information content (AvgIpc) is 3.61. The summed E-state index contributed by atoms with van der Waals surface area (Å²) < 4.78 is 5.43. The molecule has 0 spiro atoms. The van der Waals surface area contributed by atoms with Crippen LogP contribution >= 0.6 is 11.6 Å². The molecule has 0 saturated carbocycles. The number of benzene rings is 2. The Balaban J connectivity index is 0.00000294. The van der Waals surface area contributed by atoms with Gasteiger partial charge < -0.3 is 15.2 Å². The number of nitrogens with zero attached hydrogens (tertiary/aromatic N) is 4. The van der Waals surface area contributed by atoms with Crippen LogP contribution in [0.5, 0.6) is 11.6 Å². The molecular formula is C30H36ClN5O2. The molecule has 0 radical (unpaired) electrons. The third-order valence-corrected chi connectivity index (χ3v) is 7.72. The van der Waals surface area contributed by atoms with E-state index in [1.54, 1.807) is 7.11 Å². The van der Waals surface area contributed by atoms with Gasteiger partial charge >= 0.3 is 0 Å². The third-order valence-electron chi connectivity index (χ3n) is 7.49. The molecule has 2 aliphatic heterocycles. The molecule has 0 bridgehead atoms. The second-order valence-corrected chi connectivity index (χ2v) is 10.5. The maximum absolute atomic E-state index is 11.3. The molecule has 8 heteroatoms. The van der Waals surface area contributed by atoms with Crippen LogP contribution in [0.25, 0.3) is 21.9 Å². The van der Waals surface area contributed by atoms with Crippen LogP contribution in [-0.4, -0.2) is 58.2 Å². The number of rotatable bonds is 7. The van der Waals surface area contributed by atoms with Gasteiger partial charge in [0, 0.05) is 46.4 Å². The van der Waals surface area contributed by atoms with Gasteiger partial charge in [0.05, 0.1) is 23.8 Å². The fourth-order valence-electron chi connectivity index (χ4n) is 5.60. The van der Waals surface area contributed by atoms with Gasteiger partial charge in [-0.3, -0.25) is 9.80 Å². The number of aromatic hydroxyl groups is 1. The minimum atomic E-state index is 0. The molecule has 0 atom stereocenters. The fourth-order valence-corrected chi connectivity index (χ4v) is 5.76. The molecule has 2 N–H and O–H groups in total. The highest BCUT2D eigenvalue weighted by atomic mass is 35.5. The van der Waals surface area contributed by atoms with Crippen molar-refractivity contribution in [3.05, 3.63) is 58.6 Å². The summed E-state index contributed by atoms with van der Waals surface area (Å²) in [5.41, 5.74) is 5.96. The van der Waals surface area contributed by atoms with E-state index in [-0.39, 0.29) is 7.43 Å². The van der Waals surface area contributed by atoms with Crippen molar-refractivity contribution in [2.45, 2.75) is 46.2 Å². The maximum Gasteiger partial charge on any atom is 0.213 e. The van der Waals surface area contributed by atoms with Gasteiger partial charge in [0.2, 0.25) is 5.88 Å². The molecule has 0 aliphatic carbocycles. The summed E-state index contributed by atoms with van der Waals surface area (Å²) in [4.78, 5) is 14.4. The van der Waals surface area contributed by atoms with Crippen molar-refractivity contribution in [1.29, 1.82) is 0 Å². The van der Waals surface area contributed by atoms with Gasteiger partial charge in [-0.05, 0) is 88.3 Å². The van der Waals surface area contributed by atoms with Crippen LogP contribution in [0.3, 0.4) is 0 Å². The van der Waals surface area contributed by atoms with Crippen LogP contribution < -0.4 is 10.1 Å². The van der Waals surface area contributed by atoms with Gasteiger partial charge in [0.25, 0.3) is 0 Å². The second kappa shape index (κ2) is 11.3. The molecule has 4 aromatic rings. The largest absolute Gasteiger partial charge is 0.507 e. The van der Waals surface area contributed by atoms with E-state index >= 15 is 0 Å². The number of halogens is 1. The van der Waals surface area contributed by atoms with Crippen molar-refractivity contribution >= 4 is 44.9 Å². The van der Waals surface area contributed by atoms with Gasteiger partial charge in [0.1, 0.15) is 11.3 Å². The summed E-state index contributed by atoms with van der Waals surface area (Å²) in [6.07, 6.45) is 4.85. The van der Waals surface area contributed by atoms with E-state index in [2.05, 4.69) is 27.2 Å². The molecule has 4 heterocycles. The summed E-state index contributed by atoms with van der Waals surface area (Å²) in [6, 6.07) is 13.6. The minimum Gasteiger partial charge on any atom is -0.507 e. The van der Waals surface area contributed by atoms with E-state index in [0.717, 1.165) is 83.7 Å². The van der Waals surface area contributed by atoms with E-state index in [9.17, 15) is 5.11 Å². The summed E-state index contributed by atoms with van der Waals surface area (Å²) in [5.74, 6) is 0.946. The van der Waals surface area contributed by atoms with E-state index < -0.39 is 0 Å². The second-order valence-electron chi connectivity index (χ2n) is 10.1. The topological polar surface area (TPSA) is 73.8 Å². The van der Waals surface area contributed by atoms with Crippen molar-refractivity contribution in [2.75, 3.05) is 38.6 Å². The van der Waals surface area contributed by atoms with Crippen molar-refractivity contribution in [3.8, 4) is 11.6 Å². The summed E-state index contributed by atoms with van der Waals surface area (Å²) in [6.45, 7) is 5.78. The number of hydrogen-bond donors (Lipinski definition) is 2. The first-order valence-electron chi connectivity index (χ1n) is 13.1. The number of anilines is 2. The maximum atomic E-state index is 11.3. The lowest BCUT2D eigenvalue weighted by Crippen LogP contribution is -2.20. The Kier molecular flexibility index (Phi) is 7.88. The Morgan fingerprint density at radius 3 is 2.11 bits per heavy atom. The molecule has 200 valence electrons. The van der Waals surface area contributed by atoms with Crippen molar-refractivity contribution in [2.24, 2.45) is 0 Å².